The fourth-order valence-electron chi connectivity index (χ4n) is 3.63. The van der Waals surface area contributed by atoms with Gasteiger partial charge in [-0.1, -0.05) is 46.4 Å². The van der Waals surface area contributed by atoms with E-state index in [1.807, 2.05) is 0 Å². The van der Waals surface area contributed by atoms with Gasteiger partial charge >= 0.3 is 12.0 Å². The second kappa shape index (κ2) is 12.6. The molecule has 1 aliphatic heterocycles. The Labute approximate surface area is 252 Å². The summed E-state index contributed by atoms with van der Waals surface area (Å²) in [6, 6.07) is 11.7. The SMILES string of the molecule is COC(=O)c1ccc(N2C(=O)NC(=O)/C(=C/c3cc(Cl)c(OCC(=O)Nc4ccc(Cl)c(Cl)c4)c(Cl)c3)C2=O)cc1. The number of amides is 5. The number of barbiturate groups is 1. The first-order valence-corrected chi connectivity index (χ1v) is 13.0. The summed E-state index contributed by atoms with van der Waals surface area (Å²) in [4.78, 5) is 62.9. The second-order valence-corrected chi connectivity index (χ2v) is 9.90. The minimum atomic E-state index is -0.970. The molecule has 3 aromatic rings. The van der Waals surface area contributed by atoms with E-state index >= 15 is 0 Å². The standard InChI is InChI=1S/C27H17Cl4N3O7/c1-40-26(38)14-2-5-16(6-3-14)34-25(37)17(24(36)33-27(34)39)8-13-9-20(30)23(21(31)10-13)41-12-22(35)32-15-4-7-18(28)19(29)11-15/h2-11H,12H2,1H3,(H,32,35)(H,33,36,39)/b17-8-. The molecule has 0 bridgehead atoms. The van der Waals surface area contributed by atoms with Crippen molar-refractivity contribution in [2.24, 2.45) is 0 Å². The Morgan fingerprint density at radius 1 is 0.902 bits per heavy atom. The molecule has 2 N–H and O–H groups in total. The number of nitrogens with zero attached hydrogens (tertiary/aromatic N) is 1. The third-order valence-corrected chi connectivity index (χ3v) is 6.83. The molecular weight excluding hydrogens is 620 g/mol. The Morgan fingerprint density at radius 2 is 1.56 bits per heavy atom. The van der Waals surface area contributed by atoms with Crippen molar-refractivity contribution < 1.29 is 33.4 Å². The normalized spacial score (nSPS) is 14.1. The highest BCUT2D eigenvalue weighted by Crippen LogP contribution is 2.35. The van der Waals surface area contributed by atoms with E-state index in [1.54, 1.807) is 6.07 Å². The highest BCUT2D eigenvalue weighted by molar-refractivity contribution is 6.42. The molecule has 1 fully saturated rings. The number of anilines is 2. The summed E-state index contributed by atoms with van der Waals surface area (Å²) in [5, 5.41) is 5.25. The number of urea groups is 1. The lowest BCUT2D eigenvalue weighted by Gasteiger charge is -2.26. The van der Waals surface area contributed by atoms with Crippen LogP contribution in [0.5, 0.6) is 5.75 Å². The van der Waals surface area contributed by atoms with Crippen LogP contribution in [-0.2, 0) is 19.1 Å². The molecular formula is C27H17Cl4N3O7. The maximum atomic E-state index is 13.2. The summed E-state index contributed by atoms with van der Waals surface area (Å²) < 4.78 is 10.1. The first-order chi connectivity index (χ1) is 19.5. The van der Waals surface area contributed by atoms with Crippen molar-refractivity contribution in [2.45, 2.75) is 0 Å². The number of carbonyl (C=O) groups is 5. The van der Waals surface area contributed by atoms with Gasteiger partial charge in [-0.2, -0.15) is 0 Å². The van der Waals surface area contributed by atoms with Gasteiger partial charge in [-0.3, -0.25) is 19.7 Å². The van der Waals surface area contributed by atoms with Gasteiger partial charge in [-0.05, 0) is 66.2 Å². The molecule has 210 valence electrons. The van der Waals surface area contributed by atoms with Crippen LogP contribution in [0.1, 0.15) is 15.9 Å². The first-order valence-electron chi connectivity index (χ1n) is 11.4. The van der Waals surface area contributed by atoms with Gasteiger partial charge in [0.2, 0.25) is 0 Å². The third-order valence-electron chi connectivity index (χ3n) is 5.53. The number of imide groups is 2. The summed E-state index contributed by atoms with van der Waals surface area (Å²) in [7, 11) is 1.22. The predicted molar refractivity (Wildman–Crippen MR) is 154 cm³/mol. The molecule has 5 amide bonds. The van der Waals surface area contributed by atoms with E-state index in [0.29, 0.717) is 10.7 Å². The molecule has 0 aromatic heterocycles. The van der Waals surface area contributed by atoms with Crippen molar-refractivity contribution in [3.05, 3.63) is 91.4 Å². The van der Waals surface area contributed by atoms with Crippen LogP contribution in [0.3, 0.4) is 0 Å². The molecule has 41 heavy (non-hydrogen) atoms. The first kappa shape index (κ1) is 29.9. The van der Waals surface area contributed by atoms with Crippen LogP contribution in [0.2, 0.25) is 20.1 Å². The number of benzene rings is 3. The Balaban J connectivity index is 1.51. The van der Waals surface area contributed by atoms with Gasteiger partial charge in [0, 0.05) is 5.69 Å². The summed E-state index contributed by atoms with van der Waals surface area (Å²) in [5.41, 5.74) is 0.559. The minimum absolute atomic E-state index is 0.0123. The summed E-state index contributed by atoms with van der Waals surface area (Å²) in [6.07, 6.45) is 1.19. The average molecular weight is 637 g/mol. The molecule has 1 heterocycles. The van der Waals surface area contributed by atoms with Gasteiger partial charge in [0.25, 0.3) is 17.7 Å². The van der Waals surface area contributed by atoms with Crippen LogP contribution in [0.25, 0.3) is 6.08 Å². The lowest BCUT2D eigenvalue weighted by Crippen LogP contribution is -2.54. The van der Waals surface area contributed by atoms with E-state index in [1.165, 1.54) is 61.7 Å². The molecule has 0 spiro atoms. The van der Waals surface area contributed by atoms with Crippen molar-refractivity contribution in [1.29, 1.82) is 0 Å². The number of carbonyl (C=O) groups excluding carboxylic acids is 5. The number of halogens is 4. The Hall–Kier alpha value is -4.09. The number of nitrogens with one attached hydrogen (secondary N) is 2. The van der Waals surface area contributed by atoms with Crippen LogP contribution in [0, 0.1) is 0 Å². The summed E-state index contributed by atoms with van der Waals surface area (Å²) in [5.74, 6) is -3.00. The number of methoxy groups -OCH3 is 1. The van der Waals surface area contributed by atoms with Gasteiger partial charge < -0.3 is 14.8 Å². The lowest BCUT2D eigenvalue weighted by atomic mass is 10.1. The minimum Gasteiger partial charge on any atom is -0.481 e. The number of esters is 1. The molecule has 10 nitrogen and oxygen atoms in total. The highest BCUT2D eigenvalue weighted by atomic mass is 35.5. The maximum absolute atomic E-state index is 13.2. The largest absolute Gasteiger partial charge is 0.481 e. The molecule has 4 rings (SSSR count). The third kappa shape index (κ3) is 6.80. The van der Waals surface area contributed by atoms with E-state index in [4.69, 9.17) is 51.1 Å². The molecule has 14 heteroatoms. The van der Waals surface area contributed by atoms with E-state index in [2.05, 4.69) is 15.4 Å². The Morgan fingerprint density at radius 3 is 2.17 bits per heavy atom. The van der Waals surface area contributed by atoms with Crippen molar-refractivity contribution in [1.82, 2.24) is 5.32 Å². The monoisotopic (exact) mass is 635 g/mol. The van der Waals surface area contributed by atoms with Gasteiger partial charge in [0.05, 0.1) is 38.5 Å². The van der Waals surface area contributed by atoms with Crippen LogP contribution in [0.15, 0.2) is 60.2 Å². The zero-order chi connectivity index (χ0) is 29.8. The zero-order valence-corrected chi connectivity index (χ0v) is 23.8. The average Bonchev–Trinajstić information content (AvgIpc) is 2.92. The fraction of sp³-hybridized carbons (Fsp3) is 0.0741. The fourth-order valence-corrected chi connectivity index (χ4v) is 4.54. The highest BCUT2D eigenvalue weighted by Gasteiger charge is 2.37. The predicted octanol–water partition coefficient (Wildman–Crippen LogP) is 5.77. The van der Waals surface area contributed by atoms with Gasteiger partial charge in [-0.25, -0.2) is 14.5 Å². The van der Waals surface area contributed by atoms with Gasteiger partial charge in [0.1, 0.15) is 5.57 Å². The molecule has 0 atom stereocenters. The quantitative estimate of drug-likeness (QED) is 0.191. The smallest absolute Gasteiger partial charge is 0.337 e. The summed E-state index contributed by atoms with van der Waals surface area (Å²) in [6.45, 7) is -0.452. The summed E-state index contributed by atoms with van der Waals surface area (Å²) >= 11 is 24.4. The molecule has 0 radical (unpaired) electrons. The van der Waals surface area contributed by atoms with Crippen molar-refractivity contribution in [3.63, 3.8) is 0 Å². The van der Waals surface area contributed by atoms with Crippen molar-refractivity contribution >= 4 is 93.6 Å². The lowest BCUT2D eigenvalue weighted by molar-refractivity contribution is -0.122. The molecule has 0 aliphatic carbocycles. The molecule has 1 saturated heterocycles. The van der Waals surface area contributed by atoms with E-state index in [0.717, 1.165) is 4.90 Å². The van der Waals surface area contributed by atoms with Crippen molar-refractivity contribution in [2.75, 3.05) is 23.9 Å². The van der Waals surface area contributed by atoms with Crippen molar-refractivity contribution in [3.8, 4) is 5.75 Å². The maximum Gasteiger partial charge on any atom is 0.337 e. The van der Waals surface area contributed by atoms with Crippen LogP contribution < -0.4 is 20.3 Å². The Kier molecular flexibility index (Phi) is 9.19. The van der Waals surface area contributed by atoms with Crippen LogP contribution in [-0.4, -0.2) is 43.4 Å². The number of rotatable bonds is 7. The van der Waals surface area contributed by atoms with E-state index < -0.39 is 36.3 Å². The van der Waals surface area contributed by atoms with Crippen LogP contribution in [0.4, 0.5) is 16.2 Å². The Bertz CT molecular complexity index is 1600. The van der Waals surface area contributed by atoms with Crippen LogP contribution >= 0.6 is 46.4 Å². The zero-order valence-electron chi connectivity index (χ0n) is 20.8. The van der Waals surface area contributed by atoms with E-state index in [-0.39, 0.29) is 43.2 Å². The van der Waals surface area contributed by atoms with E-state index in [9.17, 15) is 24.0 Å². The number of hydrogen-bond donors (Lipinski definition) is 2. The second-order valence-electron chi connectivity index (χ2n) is 8.28. The topological polar surface area (TPSA) is 131 Å². The number of hydrogen-bond acceptors (Lipinski definition) is 7. The molecule has 3 aromatic carbocycles. The van der Waals surface area contributed by atoms with Gasteiger partial charge in [-0.15, -0.1) is 0 Å². The van der Waals surface area contributed by atoms with Gasteiger partial charge in [0.15, 0.2) is 12.4 Å². The molecule has 0 saturated carbocycles. The molecule has 0 unspecified atom stereocenters. The molecule has 1 aliphatic rings. The number of ether oxygens (including phenoxy) is 2.